The molecule has 0 heterocycles. The molecule has 0 aromatic rings. The number of ether oxygens (including phenoxy) is 3. The molecule has 1 N–H and O–H groups in total. The maximum absolute atomic E-state index is 11.8. The summed E-state index contributed by atoms with van der Waals surface area (Å²) in [7, 11) is 0. The van der Waals surface area contributed by atoms with Gasteiger partial charge < -0.3 is 19.5 Å². The Bertz CT molecular complexity index is 462. The van der Waals surface area contributed by atoms with Gasteiger partial charge in [-0.05, 0) is 40.5 Å². The highest BCUT2D eigenvalue weighted by Gasteiger charge is 2.22. The van der Waals surface area contributed by atoms with Crippen LogP contribution >= 0.6 is 0 Å². The monoisotopic (exact) mass is 343 g/mol. The Kier molecular flexibility index (Phi) is 9.10. The molecule has 138 valence electrons. The van der Waals surface area contributed by atoms with E-state index in [-0.39, 0.29) is 18.6 Å². The summed E-state index contributed by atoms with van der Waals surface area (Å²) in [5.41, 5.74) is -0.609. The zero-order valence-corrected chi connectivity index (χ0v) is 15.5. The van der Waals surface area contributed by atoms with E-state index in [1.165, 1.54) is 0 Å². The van der Waals surface area contributed by atoms with Crippen LogP contribution in [0.15, 0.2) is 12.2 Å². The van der Waals surface area contributed by atoms with Gasteiger partial charge >= 0.3 is 18.0 Å². The highest BCUT2D eigenvalue weighted by atomic mass is 16.6. The van der Waals surface area contributed by atoms with Crippen LogP contribution in [-0.2, 0) is 23.8 Å². The Morgan fingerprint density at radius 3 is 2.00 bits per heavy atom. The Balaban J connectivity index is 4.44. The molecule has 7 heteroatoms. The average molecular weight is 343 g/mol. The molecule has 0 aromatic carbocycles. The van der Waals surface area contributed by atoms with Crippen molar-refractivity contribution in [2.45, 2.75) is 66.2 Å². The second kappa shape index (κ2) is 9.95. The fourth-order valence-electron chi connectivity index (χ4n) is 1.49. The third-order valence-electron chi connectivity index (χ3n) is 2.62. The largest absolute Gasteiger partial charge is 0.460 e. The minimum Gasteiger partial charge on any atom is -0.460 e. The van der Waals surface area contributed by atoms with Gasteiger partial charge in [0.1, 0.15) is 12.2 Å². The van der Waals surface area contributed by atoms with Crippen molar-refractivity contribution in [2.75, 3.05) is 6.61 Å². The number of amides is 1. The number of esters is 2. The molecule has 0 unspecified atom stereocenters. The van der Waals surface area contributed by atoms with E-state index >= 15 is 0 Å². The molecule has 7 nitrogen and oxygen atoms in total. The summed E-state index contributed by atoms with van der Waals surface area (Å²) in [5.74, 6) is -1.28. The average Bonchev–Trinajstić information content (AvgIpc) is 2.37. The zero-order valence-electron chi connectivity index (χ0n) is 15.5. The van der Waals surface area contributed by atoms with Gasteiger partial charge in [-0.3, -0.25) is 0 Å². The zero-order chi connectivity index (χ0) is 18.9. The maximum atomic E-state index is 11.8. The van der Waals surface area contributed by atoms with Crippen molar-refractivity contribution in [1.82, 2.24) is 5.32 Å². The van der Waals surface area contributed by atoms with Gasteiger partial charge in [0.05, 0.1) is 12.1 Å². The number of nitrogens with one attached hydrogen (secondary N) is 1. The second-order valence-corrected chi connectivity index (χ2v) is 6.95. The first-order valence-corrected chi connectivity index (χ1v) is 7.95. The Labute approximate surface area is 143 Å². The van der Waals surface area contributed by atoms with Crippen LogP contribution in [0.2, 0.25) is 0 Å². The van der Waals surface area contributed by atoms with E-state index in [4.69, 9.17) is 14.2 Å². The van der Waals surface area contributed by atoms with Crippen LogP contribution in [0.5, 0.6) is 0 Å². The van der Waals surface area contributed by atoms with Gasteiger partial charge in [0.2, 0.25) is 0 Å². The van der Waals surface area contributed by atoms with Crippen molar-refractivity contribution in [3.05, 3.63) is 12.2 Å². The molecular weight excluding hydrogens is 314 g/mol. The SMILES string of the molecule is CC(C)OC(=O)/C=C/C(=O)OC[C@@H](NC(=O)OC(C)(C)C)C(C)C. The molecule has 0 aliphatic carbocycles. The van der Waals surface area contributed by atoms with Crippen molar-refractivity contribution in [1.29, 1.82) is 0 Å². The van der Waals surface area contributed by atoms with E-state index in [1.54, 1.807) is 34.6 Å². The van der Waals surface area contributed by atoms with E-state index in [0.29, 0.717) is 0 Å². The lowest BCUT2D eigenvalue weighted by Crippen LogP contribution is -2.44. The van der Waals surface area contributed by atoms with Crippen LogP contribution in [0.3, 0.4) is 0 Å². The van der Waals surface area contributed by atoms with E-state index in [2.05, 4.69) is 5.32 Å². The van der Waals surface area contributed by atoms with Gasteiger partial charge in [-0.2, -0.15) is 0 Å². The van der Waals surface area contributed by atoms with Gasteiger partial charge in [0.15, 0.2) is 0 Å². The third-order valence-corrected chi connectivity index (χ3v) is 2.62. The molecule has 0 spiro atoms. The molecule has 0 radical (unpaired) electrons. The molecule has 0 rings (SSSR count). The van der Waals surface area contributed by atoms with Gasteiger partial charge in [-0.25, -0.2) is 14.4 Å². The smallest absolute Gasteiger partial charge is 0.407 e. The first-order chi connectivity index (χ1) is 10.9. The summed E-state index contributed by atoms with van der Waals surface area (Å²) in [5, 5.41) is 2.67. The minimum absolute atomic E-state index is 0.0280. The Hall–Kier alpha value is -2.05. The van der Waals surface area contributed by atoms with Crippen LogP contribution in [0.4, 0.5) is 4.79 Å². The van der Waals surface area contributed by atoms with Gasteiger partial charge in [0, 0.05) is 12.2 Å². The van der Waals surface area contributed by atoms with Crippen molar-refractivity contribution in [3.8, 4) is 0 Å². The molecule has 1 amide bonds. The number of hydrogen-bond donors (Lipinski definition) is 1. The van der Waals surface area contributed by atoms with Crippen LogP contribution < -0.4 is 5.32 Å². The van der Waals surface area contributed by atoms with E-state index in [9.17, 15) is 14.4 Å². The van der Waals surface area contributed by atoms with Crippen molar-refractivity contribution in [2.24, 2.45) is 5.92 Å². The highest BCUT2D eigenvalue weighted by Crippen LogP contribution is 2.09. The minimum atomic E-state index is -0.688. The number of hydrogen-bond acceptors (Lipinski definition) is 6. The quantitative estimate of drug-likeness (QED) is 0.434. The van der Waals surface area contributed by atoms with E-state index in [1.807, 2.05) is 13.8 Å². The van der Waals surface area contributed by atoms with Crippen molar-refractivity contribution in [3.63, 3.8) is 0 Å². The van der Waals surface area contributed by atoms with Gasteiger partial charge in [-0.15, -0.1) is 0 Å². The van der Waals surface area contributed by atoms with Gasteiger partial charge in [-0.1, -0.05) is 13.8 Å². The van der Waals surface area contributed by atoms with Gasteiger partial charge in [0.25, 0.3) is 0 Å². The van der Waals surface area contributed by atoms with Crippen molar-refractivity contribution < 1.29 is 28.6 Å². The van der Waals surface area contributed by atoms with Crippen molar-refractivity contribution >= 4 is 18.0 Å². The lowest BCUT2D eigenvalue weighted by molar-refractivity contribution is -0.143. The summed E-state index contributed by atoms with van der Waals surface area (Å²) in [6.45, 7) is 12.4. The first kappa shape index (κ1) is 21.9. The fraction of sp³-hybridized carbons (Fsp3) is 0.706. The number of carbonyl (C=O) groups excluding carboxylic acids is 3. The molecule has 0 saturated carbocycles. The molecule has 0 aliphatic rings. The summed E-state index contributed by atoms with van der Waals surface area (Å²) >= 11 is 0. The Morgan fingerprint density at radius 2 is 1.54 bits per heavy atom. The third kappa shape index (κ3) is 11.5. The predicted octanol–water partition coefficient (Wildman–Crippen LogP) is 2.59. The maximum Gasteiger partial charge on any atom is 0.407 e. The number of rotatable bonds is 7. The second-order valence-electron chi connectivity index (χ2n) is 6.95. The van der Waals surface area contributed by atoms with Crippen LogP contribution in [0, 0.1) is 5.92 Å². The molecule has 0 aliphatic heterocycles. The topological polar surface area (TPSA) is 90.9 Å². The summed E-state index contributed by atoms with van der Waals surface area (Å²) in [4.78, 5) is 34.7. The molecule has 0 aromatic heterocycles. The summed E-state index contributed by atoms with van der Waals surface area (Å²) < 4.78 is 15.1. The highest BCUT2D eigenvalue weighted by molar-refractivity contribution is 5.91. The van der Waals surface area contributed by atoms with E-state index in [0.717, 1.165) is 12.2 Å². The fourth-order valence-corrected chi connectivity index (χ4v) is 1.49. The Morgan fingerprint density at radius 1 is 1.00 bits per heavy atom. The first-order valence-electron chi connectivity index (χ1n) is 7.95. The summed E-state index contributed by atoms with van der Waals surface area (Å²) in [6.07, 6.45) is 1.17. The number of carbonyl (C=O) groups is 3. The predicted molar refractivity (Wildman–Crippen MR) is 89.3 cm³/mol. The van der Waals surface area contributed by atoms with Crippen LogP contribution in [-0.4, -0.2) is 42.4 Å². The van der Waals surface area contributed by atoms with Crippen LogP contribution in [0.1, 0.15) is 48.5 Å². The molecule has 0 bridgehead atoms. The molecule has 1 atom stereocenters. The number of alkyl carbamates (subject to hydrolysis) is 1. The summed E-state index contributed by atoms with van der Waals surface area (Å²) in [6, 6.07) is -0.403. The standard InChI is InChI=1S/C17H29NO6/c1-11(2)13(18-16(21)24-17(5,6)7)10-22-14(19)8-9-15(20)23-12(3)4/h8-9,11-13H,10H2,1-7H3,(H,18,21)/b9-8+/t13-/m1/s1. The molecular formula is C17H29NO6. The molecule has 0 saturated heterocycles. The van der Waals surface area contributed by atoms with Crippen LogP contribution in [0.25, 0.3) is 0 Å². The van der Waals surface area contributed by atoms with E-state index < -0.39 is 29.7 Å². The lowest BCUT2D eigenvalue weighted by Gasteiger charge is -2.25. The molecule has 0 fully saturated rings. The molecule has 24 heavy (non-hydrogen) atoms. The normalized spacial score (nSPS) is 13.0. The lowest BCUT2D eigenvalue weighted by atomic mass is 10.1.